The summed E-state index contributed by atoms with van der Waals surface area (Å²) >= 11 is 0. The summed E-state index contributed by atoms with van der Waals surface area (Å²) in [5.74, 6) is -0.408. The summed E-state index contributed by atoms with van der Waals surface area (Å²) in [7, 11) is 0. The molecule has 1 aromatic carbocycles. The van der Waals surface area contributed by atoms with Gasteiger partial charge in [0.25, 0.3) is 0 Å². The number of nitrogens with one attached hydrogen (secondary N) is 2. The standard InChI is InChI=1S/C9H9N3O/c10-9(13)6-1-2-7-4-11-12-5-8(7)3-6/h1-5,11-12H,(H2,10,13). The summed E-state index contributed by atoms with van der Waals surface area (Å²) in [6.07, 6.45) is 3.60. The fraction of sp³-hybridized carbons (Fsp3) is 0. The molecule has 0 fully saturated rings. The Morgan fingerprint density at radius 3 is 2.54 bits per heavy atom. The molecule has 1 aromatic rings. The first-order valence-electron chi connectivity index (χ1n) is 3.89. The topological polar surface area (TPSA) is 67.2 Å². The van der Waals surface area contributed by atoms with Gasteiger partial charge in [-0.15, -0.1) is 0 Å². The Morgan fingerprint density at radius 1 is 1.15 bits per heavy atom. The molecule has 0 spiro atoms. The molecule has 1 aliphatic rings. The highest BCUT2D eigenvalue weighted by Crippen LogP contribution is 1.89. The van der Waals surface area contributed by atoms with Crippen molar-refractivity contribution in [1.82, 2.24) is 10.9 Å². The van der Waals surface area contributed by atoms with Crippen LogP contribution in [0.5, 0.6) is 0 Å². The molecule has 2 rings (SSSR count). The predicted molar refractivity (Wildman–Crippen MR) is 49.4 cm³/mol. The van der Waals surface area contributed by atoms with Crippen LogP contribution in [-0.2, 0) is 0 Å². The summed E-state index contributed by atoms with van der Waals surface area (Å²) in [5, 5.41) is 1.99. The second kappa shape index (κ2) is 2.82. The number of carbonyl (C=O) groups excluding carboxylic acids is 1. The van der Waals surface area contributed by atoms with Gasteiger partial charge in [0.1, 0.15) is 0 Å². The van der Waals surface area contributed by atoms with Crippen molar-refractivity contribution in [3.05, 3.63) is 34.2 Å². The monoisotopic (exact) mass is 175 g/mol. The first-order valence-corrected chi connectivity index (χ1v) is 3.89. The Labute approximate surface area is 74.7 Å². The van der Waals surface area contributed by atoms with E-state index >= 15 is 0 Å². The number of hydrogen-bond acceptors (Lipinski definition) is 3. The van der Waals surface area contributed by atoms with E-state index in [9.17, 15) is 4.79 Å². The van der Waals surface area contributed by atoms with Crippen LogP contribution in [-0.4, -0.2) is 5.91 Å². The minimum atomic E-state index is -0.408. The van der Waals surface area contributed by atoms with E-state index in [1.807, 2.05) is 12.3 Å². The van der Waals surface area contributed by atoms with Crippen LogP contribution in [0, 0.1) is 0 Å². The van der Waals surface area contributed by atoms with E-state index < -0.39 is 5.91 Å². The zero-order valence-electron chi connectivity index (χ0n) is 6.87. The van der Waals surface area contributed by atoms with Gasteiger partial charge in [-0.3, -0.25) is 4.79 Å². The third-order valence-corrected chi connectivity index (χ3v) is 1.91. The number of hydrogen-bond donors (Lipinski definition) is 3. The van der Waals surface area contributed by atoms with Crippen LogP contribution < -0.4 is 27.0 Å². The van der Waals surface area contributed by atoms with E-state index in [1.54, 1.807) is 18.3 Å². The van der Waals surface area contributed by atoms with Gasteiger partial charge in [-0.2, -0.15) is 0 Å². The summed E-state index contributed by atoms with van der Waals surface area (Å²) < 4.78 is 0. The molecular weight excluding hydrogens is 166 g/mol. The Hall–Kier alpha value is -1.97. The third kappa shape index (κ3) is 1.33. The Morgan fingerprint density at radius 2 is 1.85 bits per heavy atom. The van der Waals surface area contributed by atoms with Gasteiger partial charge in [0.05, 0.1) is 0 Å². The van der Waals surface area contributed by atoms with E-state index in [2.05, 4.69) is 10.9 Å². The van der Waals surface area contributed by atoms with Crippen LogP contribution >= 0.6 is 0 Å². The van der Waals surface area contributed by atoms with Crippen molar-refractivity contribution in [3.8, 4) is 0 Å². The quantitative estimate of drug-likeness (QED) is 0.480. The van der Waals surface area contributed by atoms with Crippen molar-refractivity contribution >= 4 is 18.3 Å². The molecule has 0 radical (unpaired) electrons. The maximum Gasteiger partial charge on any atom is 0.248 e. The highest BCUT2D eigenvalue weighted by molar-refractivity contribution is 5.92. The van der Waals surface area contributed by atoms with Gasteiger partial charge in [-0.25, -0.2) is 0 Å². The number of carbonyl (C=O) groups is 1. The highest BCUT2D eigenvalue weighted by Gasteiger charge is 1.99. The van der Waals surface area contributed by atoms with Crippen molar-refractivity contribution < 1.29 is 4.79 Å². The van der Waals surface area contributed by atoms with Crippen LogP contribution in [0.25, 0.3) is 12.4 Å². The maximum atomic E-state index is 10.8. The fourth-order valence-electron chi connectivity index (χ4n) is 1.22. The molecule has 1 heterocycles. The molecule has 1 amide bonds. The molecule has 0 unspecified atom stereocenters. The normalized spacial score (nSPS) is 12.6. The molecule has 4 N–H and O–H groups in total. The SMILES string of the molecule is NC(=O)c1ccc2c(c1)=CNNC=2. The van der Waals surface area contributed by atoms with Crippen LogP contribution in [0.15, 0.2) is 18.2 Å². The summed E-state index contributed by atoms with van der Waals surface area (Å²) in [6, 6.07) is 5.31. The van der Waals surface area contributed by atoms with Crippen molar-refractivity contribution in [3.63, 3.8) is 0 Å². The van der Waals surface area contributed by atoms with E-state index in [0.29, 0.717) is 5.56 Å². The lowest BCUT2D eigenvalue weighted by Crippen LogP contribution is -2.39. The van der Waals surface area contributed by atoms with E-state index in [1.165, 1.54) is 0 Å². The fourth-order valence-corrected chi connectivity index (χ4v) is 1.22. The molecule has 0 saturated heterocycles. The number of benzene rings is 1. The molecule has 0 bridgehead atoms. The molecule has 4 nitrogen and oxygen atoms in total. The molecular formula is C9H9N3O. The third-order valence-electron chi connectivity index (χ3n) is 1.91. The summed E-state index contributed by atoms with van der Waals surface area (Å²) in [6.45, 7) is 0. The van der Waals surface area contributed by atoms with Gasteiger partial charge in [0.2, 0.25) is 5.91 Å². The van der Waals surface area contributed by atoms with Gasteiger partial charge < -0.3 is 16.6 Å². The van der Waals surface area contributed by atoms with Crippen LogP contribution in [0.2, 0.25) is 0 Å². The van der Waals surface area contributed by atoms with Crippen LogP contribution in [0.3, 0.4) is 0 Å². The molecule has 0 aromatic heterocycles. The van der Waals surface area contributed by atoms with Crippen molar-refractivity contribution in [2.24, 2.45) is 5.73 Å². The first kappa shape index (κ1) is 7.67. The van der Waals surface area contributed by atoms with Crippen LogP contribution in [0.4, 0.5) is 0 Å². The lowest BCUT2D eigenvalue weighted by atomic mass is 10.1. The minimum Gasteiger partial charge on any atom is -0.366 e. The second-order valence-corrected chi connectivity index (χ2v) is 2.79. The van der Waals surface area contributed by atoms with Gasteiger partial charge in [0, 0.05) is 28.4 Å². The van der Waals surface area contributed by atoms with Crippen molar-refractivity contribution in [2.75, 3.05) is 0 Å². The molecule has 1 aliphatic heterocycles. The van der Waals surface area contributed by atoms with Gasteiger partial charge in [0.15, 0.2) is 0 Å². The Bertz CT molecular complexity index is 464. The number of nitrogens with two attached hydrogens (primary N) is 1. The molecule has 66 valence electrons. The Balaban J connectivity index is 2.67. The minimum absolute atomic E-state index is 0.408. The molecule has 0 atom stereocenters. The zero-order valence-corrected chi connectivity index (χ0v) is 6.87. The largest absolute Gasteiger partial charge is 0.366 e. The van der Waals surface area contributed by atoms with E-state index in [4.69, 9.17) is 5.73 Å². The lowest BCUT2D eigenvalue weighted by Gasteiger charge is -2.05. The average Bonchev–Trinajstić information content (AvgIpc) is 2.17. The number of fused-ring (bicyclic) bond motifs is 1. The van der Waals surface area contributed by atoms with Crippen molar-refractivity contribution in [1.29, 1.82) is 0 Å². The number of amides is 1. The zero-order chi connectivity index (χ0) is 9.26. The molecule has 13 heavy (non-hydrogen) atoms. The highest BCUT2D eigenvalue weighted by atomic mass is 16.1. The predicted octanol–water partition coefficient (Wildman–Crippen LogP) is -1.63. The summed E-state index contributed by atoms with van der Waals surface area (Å²) in [5.41, 5.74) is 11.3. The smallest absolute Gasteiger partial charge is 0.248 e. The molecule has 4 heteroatoms. The molecule has 0 aliphatic carbocycles. The van der Waals surface area contributed by atoms with E-state index in [0.717, 1.165) is 10.4 Å². The number of rotatable bonds is 1. The first-order chi connectivity index (χ1) is 6.27. The average molecular weight is 175 g/mol. The van der Waals surface area contributed by atoms with Gasteiger partial charge in [-0.1, -0.05) is 6.07 Å². The van der Waals surface area contributed by atoms with Crippen LogP contribution in [0.1, 0.15) is 10.4 Å². The maximum absolute atomic E-state index is 10.8. The number of hydrazine groups is 1. The van der Waals surface area contributed by atoms with Crippen molar-refractivity contribution in [2.45, 2.75) is 0 Å². The Kier molecular flexibility index (Phi) is 1.66. The van der Waals surface area contributed by atoms with Gasteiger partial charge >= 0.3 is 0 Å². The molecule has 0 saturated carbocycles. The van der Waals surface area contributed by atoms with Gasteiger partial charge in [-0.05, 0) is 12.1 Å². The lowest BCUT2D eigenvalue weighted by molar-refractivity contribution is 0.1000. The summed E-state index contributed by atoms with van der Waals surface area (Å²) in [4.78, 5) is 10.8. The van der Waals surface area contributed by atoms with E-state index in [-0.39, 0.29) is 0 Å². The number of primary amides is 1. The second-order valence-electron chi connectivity index (χ2n) is 2.79.